The fraction of sp³-hybridized carbons (Fsp3) is 0. The Labute approximate surface area is 371 Å². The van der Waals surface area contributed by atoms with Crippen LogP contribution in [0.2, 0.25) is 0 Å². The number of halogens is 4. The Morgan fingerprint density at radius 2 is 0.763 bits per heavy atom. The second-order valence-corrected chi connectivity index (χ2v) is 17.0. The average Bonchev–Trinajstić information content (AvgIpc) is 3.71. The molecule has 4 aromatic heterocycles. The molecule has 8 aromatic carbocycles. The Balaban J connectivity index is 0.000000133. The van der Waals surface area contributed by atoms with Crippen molar-refractivity contribution in [3.63, 3.8) is 0 Å². The highest BCUT2D eigenvalue weighted by Crippen LogP contribution is 2.45. The van der Waals surface area contributed by atoms with Crippen LogP contribution in [0.25, 0.3) is 87.8 Å². The third-order valence-electron chi connectivity index (χ3n) is 10.5. The molecule has 9 heteroatoms. The molecule has 0 aliphatic rings. The van der Waals surface area contributed by atoms with Crippen LogP contribution < -0.4 is 0 Å². The van der Waals surface area contributed by atoms with Crippen molar-refractivity contribution in [2.45, 2.75) is 0 Å². The van der Waals surface area contributed by atoms with Crippen molar-refractivity contribution in [3.05, 3.63) is 194 Å². The summed E-state index contributed by atoms with van der Waals surface area (Å²) in [7, 11) is 0. The van der Waals surface area contributed by atoms with E-state index in [0.29, 0.717) is 5.75 Å². The summed E-state index contributed by atoms with van der Waals surface area (Å²) in [5.74, 6) is 0.350. The molecule has 0 spiro atoms. The van der Waals surface area contributed by atoms with E-state index in [1.807, 2.05) is 84.9 Å². The number of benzene rings is 8. The fourth-order valence-corrected chi connectivity index (χ4v) is 10.6. The smallest absolute Gasteiger partial charge is 0.196 e. The summed E-state index contributed by atoms with van der Waals surface area (Å²) in [6.07, 6.45) is 0. The van der Waals surface area contributed by atoms with E-state index in [1.165, 1.54) is 10.8 Å². The van der Waals surface area contributed by atoms with E-state index in [2.05, 4.69) is 158 Å². The zero-order valence-electron chi connectivity index (χ0n) is 30.9. The monoisotopic (exact) mass is 1020 g/mol. The van der Waals surface area contributed by atoms with E-state index in [1.54, 1.807) is 6.07 Å². The van der Waals surface area contributed by atoms with Crippen LogP contribution >= 0.6 is 63.7 Å². The van der Waals surface area contributed by atoms with Gasteiger partial charge in [-0.25, -0.2) is 0 Å². The number of aromatic hydroxyl groups is 1. The molecule has 0 atom stereocenters. The first-order chi connectivity index (χ1) is 28.9. The lowest BCUT2D eigenvalue weighted by molar-refractivity contribution is 0.481. The van der Waals surface area contributed by atoms with Crippen molar-refractivity contribution in [2.75, 3.05) is 0 Å². The van der Waals surface area contributed by atoms with Gasteiger partial charge in [0.15, 0.2) is 11.2 Å². The number of phenolic OH excluding ortho intramolecular Hbond substituents is 1. The van der Waals surface area contributed by atoms with Crippen molar-refractivity contribution in [1.82, 2.24) is 9.13 Å². The van der Waals surface area contributed by atoms with Gasteiger partial charge in [0.25, 0.3) is 0 Å². The average molecular weight is 1030 g/mol. The van der Waals surface area contributed by atoms with Crippen LogP contribution in [0.4, 0.5) is 0 Å². The number of aromatic nitrogens is 2. The Kier molecular flexibility index (Phi) is 9.93. The molecule has 0 saturated heterocycles. The van der Waals surface area contributed by atoms with Gasteiger partial charge in [0, 0.05) is 38.3 Å². The predicted molar refractivity (Wildman–Crippen MR) is 258 cm³/mol. The van der Waals surface area contributed by atoms with Gasteiger partial charge in [-0.05, 0) is 122 Å². The largest absolute Gasteiger partial charge is 0.507 e. The summed E-state index contributed by atoms with van der Waals surface area (Å²) in [5, 5.41) is 18.3. The van der Waals surface area contributed by atoms with E-state index in [9.17, 15) is 5.11 Å². The fourth-order valence-electron chi connectivity index (χ4n) is 7.91. The number of fused-ring (bicyclic) bond motifs is 6. The lowest BCUT2D eigenvalue weighted by atomic mass is 10.0. The lowest BCUT2D eigenvalue weighted by Gasteiger charge is -2.12. The van der Waals surface area contributed by atoms with E-state index < -0.39 is 0 Å². The quantitative estimate of drug-likeness (QED) is 0.188. The van der Waals surface area contributed by atoms with Gasteiger partial charge in [0.1, 0.15) is 37.2 Å². The van der Waals surface area contributed by atoms with Gasteiger partial charge in [-0.15, -0.1) is 0 Å². The van der Waals surface area contributed by atoms with Crippen LogP contribution in [0.5, 0.6) is 5.75 Å². The third kappa shape index (κ3) is 6.48. The summed E-state index contributed by atoms with van der Waals surface area (Å²) in [6, 6.07) is 59.2. The minimum Gasteiger partial charge on any atom is -0.507 e. The highest BCUT2D eigenvalue weighted by atomic mass is 79.9. The maximum absolute atomic E-state index is 9.37. The summed E-state index contributed by atoms with van der Waals surface area (Å²) in [5.41, 5.74) is 7.50. The van der Waals surface area contributed by atoms with Crippen LogP contribution in [0, 0.1) is 0 Å². The first kappa shape index (κ1) is 37.7. The van der Waals surface area contributed by atoms with E-state index in [4.69, 9.17) is 8.83 Å². The number of nitrogens with zero attached hydrogens (tertiary/aromatic N) is 2. The van der Waals surface area contributed by atoms with Crippen molar-refractivity contribution in [3.8, 4) is 17.1 Å². The second-order valence-electron chi connectivity index (χ2n) is 13.9. The van der Waals surface area contributed by atoms with Crippen LogP contribution in [0.1, 0.15) is 0 Å². The normalized spacial score (nSPS) is 11.5. The molecule has 1 N–H and O–H groups in total. The van der Waals surface area contributed by atoms with Gasteiger partial charge in [0.2, 0.25) is 0 Å². The number of phenols is 1. The number of para-hydroxylation sites is 2. The molecule has 0 bridgehead atoms. The first-order valence-corrected chi connectivity index (χ1v) is 21.9. The van der Waals surface area contributed by atoms with Crippen molar-refractivity contribution < 1.29 is 13.9 Å². The molecular formula is C50H30Br4N2O3. The zero-order chi connectivity index (χ0) is 40.2. The molecule has 0 aliphatic heterocycles. The third-order valence-corrected chi connectivity index (χ3v) is 15.1. The van der Waals surface area contributed by atoms with Crippen molar-refractivity contribution in [1.29, 1.82) is 0 Å². The van der Waals surface area contributed by atoms with Gasteiger partial charge in [-0.2, -0.15) is 0 Å². The van der Waals surface area contributed by atoms with Crippen LogP contribution in [-0.4, -0.2) is 14.2 Å². The van der Waals surface area contributed by atoms with Gasteiger partial charge in [-0.3, -0.25) is 4.57 Å². The summed E-state index contributed by atoms with van der Waals surface area (Å²) in [6.45, 7) is 0. The van der Waals surface area contributed by atoms with E-state index >= 15 is 0 Å². The minimum absolute atomic E-state index is 0.350. The van der Waals surface area contributed by atoms with Crippen LogP contribution in [-0.2, 0) is 0 Å². The highest BCUT2D eigenvalue weighted by molar-refractivity contribution is 9.15. The lowest BCUT2D eigenvalue weighted by Crippen LogP contribution is -1.95. The summed E-state index contributed by atoms with van der Waals surface area (Å²) < 4.78 is 21.6. The Morgan fingerprint density at radius 1 is 0.373 bits per heavy atom. The number of hydrogen-bond acceptors (Lipinski definition) is 3. The molecule has 0 aliphatic carbocycles. The number of hydrogen-bond donors (Lipinski definition) is 1. The second kappa shape index (κ2) is 15.5. The summed E-state index contributed by atoms with van der Waals surface area (Å²) >= 11 is 14.1. The van der Waals surface area contributed by atoms with Gasteiger partial charge < -0.3 is 18.5 Å². The number of rotatable bonds is 2. The standard InChI is InChI=1S/C30H17NO2.C10H5Br4N.C10H8O/c1-2-12-20(13-3-1)31-27-21-14-4-8-18-10-6-16-23(25(18)21)32-29(27)30-28(31)22-15-5-9-19-11-7-17-24(33-30)26(19)22;11-7-8(12)10(14)15(9(7)13)6-4-2-1-3-5-6;11-10-7-3-5-8-4-1-2-6-9(8)10/h1-17H;1-5H;1-7,11H. The predicted octanol–water partition coefficient (Wildman–Crippen LogP) is 16.7. The maximum atomic E-state index is 9.37. The molecule has 0 unspecified atom stereocenters. The molecule has 0 fully saturated rings. The molecule has 0 saturated carbocycles. The molecule has 0 radical (unpaired) electrons. The molecule has 12 aromatic rings. The minimum atomic E-state index is 0.350. The zero-order valence-corrected chi connectivity index (χ0v) is 37.3. The topological polar surface area (TPSA) is 56.4 Å². The maximum Gasteiger partial charge on any atom is 0.196 e. The van der Waals surface area contributed by atoms with Crippen molar-refractivity contribution in [2.24, 2.45) is 0 Å². The molecule has 12 rings (SSSR count). The molecule has 5 nitrogen and oxygen atoms in total. The van der Waals surface area contributed by atoms with E-state index in [0.717, 1.165) is 95.2 Å². The molecule has 59 heavy (non-hydrogen) atoms. The van der Waals surface area contributed by atoms with Crippen molar-refractivity contribution >= 4 is 140 Å². The Morgan fingerprint density at radius 3 is 1.27 bits per heavy atom. The van der Waals surface area contributed by atoms with Gasteiger partial charge in [-0.1, -0.05) is 133 Å². The molecule has 0 amide bonds. The van der Waals surface area contributed by atoms with Gasteiger partial charge >= 0.3 is 0 Å². The summed E-state index contributed by atoms with van der Waals surface area (Å²) in [4.78, 5) is 0. The van der Waals surface area contributed by atoms with Gasteiger partial charge in [0.05, 0.1) is 8.95 Å². The van der Waals surface area contributed by atoms with Crippen LogP contribution in [0.3, 0.4) is 0 Å². The highest BCUT2D eigenvalue weighted by Gasteiger charge is 2.24. The molecule has 286 valence electrons. The Hall–Kier alpha value is -5.58. The molecule has 4 heterocycles. The SMILES string of the molecule is Brc1c(Br)c(Br)n(-c2ccccc2)c1Br.Oc1cccc2ccccc12.c1ccc(-n2c3c4cccc5cccc(oc3c3oc6cccc7cccc(c76)c32)c54)cc1. The van der Waals surface area contributed by atoms with Crippen LogP contribution in [0.15, 0.2) is 203 Å². The Bertz CT molecular complexity index is 3340. The van der Waals surface area contributed by atoms with E-state index in [-0.39, 0.29) is 0 Å². The first-order valence-electron chi connectivity index (χ1n) is 18.8. The molecular weight excluding hydrogens is 996 g/mol.